The van der Waals surface area contributed by atoms with Crippen molar-refractivity contribution in [1.29, 1.82) is 0 Å². The van der Waals surface area contributed by atoms with Gasteiger partial charge in [0.2, 0.25) is 0 Å². The van der Waals surface area contributed by atoms with Crippen LogP contribution in [0.1, 0.15) is 6.92 Å². The lowest BCUT2D eigenvalue weighted by Gasteiger charge is -2.40. The van der Waals surface area contributed by atoms with E-state index in [1.807, 2.05) is 0 Å². The fourth-order valence-corrected chi connectivity index (χ4v) is 5.52. The lowest BCUT2D eigenvalue weighted by atomic mass is 10.2. The quantitative estimate of drug-likeness (QED) is 0.405. The van der Waals surface area contributed by atoms with Crippen LogP contribution in [0.4, 0.5) is 16.3 Å². The summed E-state index contributed by atoms with van der Waals surface area (Å²) in [5.74, 6) is -3.58. The average molecular weight is 574 g/mol. The second kappa shape index (κ2) is 11.2. The highest BCUT2D eigenvalue weighted by atomic mass is 35.5. The van der Waals surface area contributed by atoms with Crippen molar-refractivity contribution in [3.8, 4) is 0 Å². The molecule has 0 aliphatic carbocycles. The van der Waals surface area contributed by atoms with E-state index in [1.54, 1.807) is 19.1 Å². The summed E-state index contributed by atoms with van der Waals surface area (Å²) in [6.45, 7) is 1.43. The first-order valence-electron chi connectivity index (χ1n) is 11.2. The van der Waals surface area contributed by atoms with Crippen LogP contribution in [-0.2, 0) is 19.6 Å². The van der Waals surface area contributed by atoms with Crippen LogP contribution >= 0.6 is 23.2 Å². The molecule has 0 saturated carbocycles. The maximum absolute atomic E-state index is 14.5. The van der Waals surface area contributed by atoms with Gasteiger partial charge in [0, 0.05) is 28.7 Å². The van der Waals surface area contributed by atoms with Gasteiger partial charge in [0.05, 0.1) is 17.2 Å². The third-order valence-corrected chi connectivity index (χ3v) is 7.48. The number of urea groups is 1. The first kappa shape index (κ1) is 27.1. The number of halogens is 2. The van der Waals surface area contributed by atoms with Gasteiger partial charge in [0.25, 0.3) is 10.0 Å². The minimum atomic E-state index is -4.82. The number of nitrogens with zero attached hydrogens (tertiary/aromatic N) is 4. The Labute approximate surface area is 229 Å². The van der Waals surface area contributed by atoms with Crippen LogP contribution in [0.3, 0.4) is 0 Å². The first-order valence-corrected chi connectivity index (χ1v) is 13.4. The van der Waals surface area contributed by atoms with Crippen LogP contribution in [0.25, 0.3) is 0 Å². The monoisotopic (exact) mass is 573 g/mol. The molecule has 196 valence electrons. The lowest BCUT2D eigenvalue weighted by Crippen LogP contribution is -2.67. The number of sulfonamides is 1. The molecule has 1 unspecified atom stereocenters. The van der Waals surface area contributed by atoms with Crippen LogP contribution in [0.2, 0.25) is 10.0 Å². The topological polar surface area (TPSA) is 121 Å². The number of aromatic nitrogens is 1. The Balaban J connectivity index is 2.00. The van der Waals surface area contributed by atoms with Crippen molar-refractivity contribution in [1.82, 2.24) is 14.6 Å². The van der Waals surface area contributed by atoms with Gasteiger partial charge in [0.15, 0.2) is 0 Å². The molecule has 0 spiro atoms. The van der Waals surface area contributed by atoms with Gasteiger partial charge in [0.1, 0.15) is 5.82 Å². The number of allylic oxidation sites excluding steroid dienone is 1. The van der Waals surface area contributed by atoms with Gasteiger partial charge < -0.3 is 10.1 Å². The Morgan fingerprint density at radius 1 is 1.03 bits per heavy atom. The van der Waals surface area contributed by atoms with Gasteiger partial charge in [-0.2, -0.15) is 4.31 Å². The molecule has 4 rings (SSSR count). The number of ether oxygens (including phenoxy) is 1. The predicted octanol–water partition coefficient (Wildman–Crippen LogP) is 4.74. The Bertz CT molecular complexity index is 1500. The van der Waals surface area contributed by atoms with Crippen LogP contribution in [0, 0.1) is 0 Å². The van der Waals surface area contributed by atoms with Crippen molar-refractivity contribution in [2.45, 2.75) is 17.6 Å². The van der Waals surface area contributed by atoms with Crippen molar-refractivity contribution >= 4 is 62.9 Å². The third-order valence-electron chi connectivity index (χ3n) is 5.24. The van der Waals surface area contributed by atoms with Gasteiger partial charge in [-0.1, -0.05) is 35.3 Å². The van der Waals surface area contributed by atoms with E-state index >= 15 is 0 Å². The van der Waals surface area contributed by atoms with Gasteiger partial charge in [-0.05, 0) is 67.6 Å². The molecule has 38 heavy (non-hydrogen) atoms. The number of aliphatic imine (C=N–C) groups is 1. The number of carbonyl (C=O) groups excluding carboxylic acids is 2. The third kappa shape index (κ3) is 5.21. The molecule has 10 nitrogen and oxygen atoms in total. The second-order valence-corrected chi connectivity index (χ2v) is 10.3. The Kier molecular flexibility index (Phi) is 8.00. The number of hydrogen-bond acceptors (Lipinski definition) is 8. The summed E-state index contributed by atoms with van der Waals surface area (Å²) in [6, 6.07) is 14.9. The summed E-state index contributed by atoms with van der Waals surface area (Å²) >= 11 is 12.1. The summed E-state index contributed by atoms with van der Waals surface area (Å²) in [4.78, 5) is 36.9. The molecule has 1 aliphatic rings. The van der Waals surface area contributed by atoms with Gasteiger partial charge >= 0.3 is 17.8 Å². The van der Waals surface area contributed by atoms with E-state index in [0.717, 1.165) is 11.0 Å². The molecule has 1 aromatic heterocycles. The van der Waals surface area contributed by atoms with Crippen LogP contribution < -0.4 is 10.2 Å². The normalized spacial score (nSPS) is 16.4. The summed E-state index contributed by atoms with van der Waals surface area (Å²) in [5, 5.41) is 3.11. The summed E-state index contributed by atoms with van der Waals surface area (Å²) in [6.07, 6.45) is 5.34. The number of amides is 2. The zero-order chi connectivity index (χ0) is 27.3. The fourth-order valence-electron chi connectivity index (χ4n) is 3.59. The summed E-state index contributed by atoms with van der Waals surface area (Å²) in [7, 11) is -4.82. The molecular weight excluding hydrogens is 553 g/mol. The number of anilines is 2. The highest BCUT2D eigenvalue weighted by Crippen LogP contribution is 2.34. The number of hydrogen-bond donors (Lipinski definition) is 1. The Morgan fingerprint density at radius 2 is 1.79 bits per heavy atom. The first-order chi connectivity index (χ1) is 18.2. The van der Waals surface area contributed by atoms with Gasteiger partial charge in [-0.15, -0.1) is 0 Å². The molecule has 1 atom stereocenters. The molecule has 0 fully saturated rings. The van der Waals surface area contributed by atoms with Crippen LogP contribution in [-0.4, -0.2) is 48.3 Å². The van der Waals surface area contributed by atoms with E-state index in [2.05, 4.69) is 15.3 Å². The molecule has 13 heteroatoms. The maximum atomic E-state index is 14.5. The SMILES string of the molecule is CCOC(=O)C1(N(C(=O)N(c2ccc(Cl)cc2)c2ccccn2)S(=O)(=O)c2cccc(Cl)c2)N=CC=CN1. The molecule has 1 N–H and O–H groups in total. The molecule has 2 aromatic carbocycles. The molecular formula is C25H21Cl2N5O5S. The molecule has 0 saturated heterocycles. The highest BCUT2D eigenvalue weighted by molar-refractivity contribution is 7.89. The number of pyridine rings is 1. The van der Waals surface area contributed by atoms with E-state index < -0.39 is 27.8 Å². The van der Waals surface area contributed by atoms with E-state index in [9.17, 15) is 18.0 Å². The van der Waals surface area contributed by atoms with E-state index in [-0.39, 0.29) is 28.0 Å². The Morgan fingerprint density at radius 3 is 2.39 bits per heavy atom. The van der Waals surface area contributed by atoms with Gasteiger partial charge in [-0.25, -0.2) is 32.9 Å². The van der Waals surface area contributed by atoms with E-state index in [1.165, 1.54) is 73.2 Å². The van der Waals surface area contributed by atoms with E-state index in [4.69, 9.17) is 27.9 Å². The lowest BCUT2D eigenvalue weighted by molar-refractivity contribution is -0.154. The fraction of sp³-hybridized carbons (Fsp3) is 0.120. The van der Waals surface area contributed by atoms with Crippen molar-refractivity contribution in [3.05, 3.63) is 95.2 Å². The minimum absolute atomic E-state index is 0.0699. The number of esters is 1. The number of rotatable bonds is 7. The van der Waals surface area contributed by atoms with Crippen molar-refractivity contribution in [2.75, 3.05) is 11.5 Å². The molecule has 3 aromatic rings. The number of benzene rings is 2. The molecule has 2 amide bonds. The molecule has 0 radical (unpaired) electrons. The zero-order valence-corrected chi connectivity index (χ0v) is 22.2. The van der Waals surface area contributed by atoms with Gasteiger partial charge in [-0.3, -0.25) is 0 Å². The Hall–Kier alpha value is -3.93. The van der Waals surface area contributed by atoms with E-state index in [0.29, 0.717) is 9.33 Å². The summed E-state index contributed by atoms with van der Waals surface area (Å²) in [5.41, 5.74) is 0.221. The highest BCUT2D eigenvalue weighted by Gasteiger charge is 2.56. The average Bonchev–Trinajstić information content (AvgIpc) is 2.91. The number of carbonyl (C=O) groups is 2. The van der Waals surface area contributed by atoms with Crippen molar-refractivity contribution in [2.24, 2.45) is 4.99 Å². The molecule has 0 bridgehead atoms. The smallest absolute Gasteiger partial charge is 0.378 e. The molecule has 2 heterocycles. The van der Waals surface area contributed by atoms with Crippen molar-refractivity contribution < 1.29 is 22.7 Å². The standard InChI is InChI=1S/C25H21Cl2N5O5S/c1-2-37-23(33)25(29-15-6-16-30-25)32(38(35,36)21-8-5-7-19(27)17-21)24(34)31(22-9-3-4-14-28-22)20-12-10-18(26)11-13-20/h3-17,29H,2H2,1H3. The molecule has 1 aliphatic heterocycles. The largest absolute Gasteiger partial charge is 0.461 e. The van der Waals surface area contributed by atoms with Crippen LogP contribution in [0.15, 0.2) is 95.1 Å². The minimum Gasteiger partial charge on any atom is -0.461 e. The zero-order valence-electron chi connectivity index (χ0n) is 19.9. The summed E-state index contributed by atoms with van der Waals surface area (Å²) < 4.78 is 33.9. The second-order valence-electron chi connectivity index (χ2n) is 7.68. The number of nitrogens with one attached hydrogen (secondary N) is 1. The van der Waals surface area contributed by atoms with Crippen molar-refractivity contribution in [3.63, 3.8) is 0 Å². The predicted molar refractivity (Wildman–Crippen MR) is 144 cm³/mol. The maximum Gasteiger partial charge on any atom is 0.378 e. The van der Waals surface area contributed by atoms with Crippen LogP contribution in [0.5, 0.6) is 0 Å².